The van der Waals surface area contributed by atoms with Crippen LogP contribution in [0.1, 0.15) is 38.7 Å². The molecule has 0 bridgehead atoms. The number of carbonyl (C=O) groups is 1. The molecule has 3 rings (SSSR count). The van der Waals surface area contributed by atoms with Gasteiger partial charge in [0.1, 0.15) is 0 Å². The van der Waals surface area contributed by atoms with Crippen molar-refractivity contribution in [3.63, 3.8) is 0 Å². The van der Waals surface area contributed by atoms with Crippen molar-refractivity contribution in [1.82, 2.24) is 15.2 Å². The molecular weight excluding hydrogens is 302 g/mol. The van der Waals surface area contributed by atoms with E-state index in [1.165, 1.54) is 0 Å². The number of aryl methyl sites for hydroxylation is 1. The maximum Gasteiger partial charge on any atom is 0.220 e. The highest BCUT2D eigenvalue weighted by molar-refractivity contribution is 5.76. The van der Waals surface area contributed by atoms with Crippen LogP contribution in [0.25, 0.3) is 0 Å². The van der Waals surface area contributed by atoms with Gasteiger partial charge in [-0.3, -0.25) is 9.78 Å². The third-order valence-corrected chi connectivity index (χ3v) is 5.71. The van der Waals surface area contributed by atoms with Gasteiger partial charge in [-0.05, 0) is 43.9 Å². The number of hydrogen-bond donors (Lipinski definition) is 2. The molecule has 2 fully saturated rings. The SMILES string of the molecule is CC(C)C1N(C)CC12C[C@@H](O)[C@H](NC(=O)CCc1cccnc1)C2. The standard InChI is InChI=1S/C19H29N3O2/c1-13(2)18-19(12-22(18)3)9-15(16(23)10-19)21-17(24)7-6-14-5-4-8-20-11-14/h4-5,8,11,13,15-16,18,23H,6-7,9-10,12H2,1-3H3,(H,21,24)/t15-,16-,18?,19?/m1/s1. The Morgan fingerprint density at radius 3 is 2.92 bits per heavy atom. The summed E-state index contributed by atoms with van der Waals surface area (Å²) in [6, 6.07) is 4.26. The third kappa shape index (κ3) is 3.33. The molecule has 0 aromatic carbocycles. The van der Waals surface area contributed by atoms with Gasteiger partial charge < -0.3 is 15.3 Å². The molecule has 1 amide bonds. The summed E-state index contributed by atoms with van der Waals surface area (Å²) in [6.07, 6.45) is 5.92. The van der Waals surface area contributed by atoms with Gasteiger partial charge in [0.15, 0.2) is 0 Å². The van der Waals surface area contributed by atoms with Gasteiger partial charge in [0, 0.05) is 36.8 Å². The third-order valence-electron chi connectivity index (χ3n) is 5.71. The number of aliphatic hydroxyl groups excluding tert-OH is 1. The van der Waals surface area contributed by atoms with Gasteiger partial charge in [0.2, 0.25) is 5.91 Å². The van der Waals surface area contributed by atoms with E-state index < -0.39 is 6.10 Å². The van der Waals surface area contributed by atoms with E-state index in [0.29, 0.717) is 24.8 Å². The van der Waals surface area contributed by atoms with Crippen LogP contribution in [0.15, 0.2) is 24.5 Å². The minimum Gasteiger partial charge on any atom is -0.391 e. The van der Waals surface area contributed by atoms with Crippen molar-refractivity contribution in [2.24, 2.45) is 11.3 Å². The lowest BCUT2D eigenvalue weighted by Crippen LogP contribution is -2.64. The summed E-state index contributed by atoms with van der Waals surface area (Å²) >= 11 is 0. The van der Waals surface area contributed by atoms with Gasteiger partial charge >= 0.3 is 0 Å². The molecule has 1 aliphatic heterocycles. The Morgan fingerprint density at radius 1 is 1.50 bits per heavy atom. The van der Waals surface area contributed by atoms with Crippen LogP contribution in [-0.4, -0.2) is 52.7 Å². The number of aromatic nitrogens is 1. The number of amides is 1. The number of nitrogens with zero attached hydrogens (tertiary/aromatic N) is 2. The van der Waals surface area contributed by atoms with Gasteiger partial charge in [-0.2, -0.15) is 0 Å². The Labute approximate surface area is 144 Å². The molecule has 4 atom stereocenters. The molecule has 1 saturated heterocycles. The van der Waals surface area contributed by atoms with Crippen molar-refractivity contribution in [3.8, 4) is 0 Å². The average Bonchev–Trinajstić information content (AvgIpc) is 2.83. The van der Waals surface area contributed by atoms with E-state index in [4.69, 9.17) is 0 Å². The van der Waals surface area contributed by atoms with Gasteiger partial charge in [-0.25, -0.2) is 0 Å². The topological polar surface area (TPSA) is 65.5 Å². The first kappa shape index (κ1) is 17.4. The van der Waals surface area contributed by atoms with Gasteiger partial charge in [-0.1, -0.05) is 19.9 Å². The molecule has 2 heterocycles. The fourth-order valence-corrected chi connectivity index (χ4v) is 5.08. The molecular formula is C19H29N3O2. The van der Waals surface area contributed by atoms with Crippen LogP contribution in [0.5, 0.6) is 0 Å². The lowest BCUT2D eigenvalue weighted by molar-refractivity contribution is -0.122. The number of aliphatic hydroxyl groups is 1. The lowest BCUT2D eigenvalue weighted by Gasteiger charge is -2.57. The summed E-state index contributed by atoms with van der Waals surface area (Å²) < 4.78 is 0. The molecule has 2 unspecified atom stereocenters. The zero-order valence-corrected chi connectivity index (χ0v) is 14.9. The molecule has 1 saturated carbocycles. The van der Waals surface area contributed by atoms with Crippen molar-refractivity contribution in [3.05, 3.63) is 30.1 Å². The number of hydrogen-bond acceptors (Lipinski definition) is 4. The maximum absolute atomic E-state index is 12.3. The molecule has 1 spiro atoms. The van der Waals surface area contributed by atoms with E-state index >= 15 is 0 Å². The van der Waals surface area contributed by atoms with Crippen LogP contribution >= 0.6 is 0 Å². The maximum atomic E-state index is 12.3. The molecule has 5 heteroatoms. The fraction of sp³-hybridized carbons (Fsp3) is 0.684. The fourth-order valence-electron chi connectivity index (χ4n) is 5.08. The van der Waals surface area contributed by atoms with Crippen LogP contribution in [-0.2, 0) is 11.2 Å². The summed E-state index contributed by atoms with van der Waals surface area (Å²) in [5.74, 6) is 0.588. The number of likely N-dealkylation sites (tertiary alicyclic amines) is 1. The average molecular weight is 331 g/mol. The van der Waals surface area contributed by atoms with Crippen LogP contribution in [0.4, 0.5) is 0 Å². The van der Waals surface area contributed by atoms with Gasteiger partial charge in [-0.15, -0.1) is 0 Å². The zero-order valence-electron chi connectivity index (χ0n) is 14.9. The highest BCUT2D eigenvalue weighted by Gasteiger charge is 2.58. The molecule has 24 heavy (non-hydrogen) atoms. The van der Waals surface area contributed by atoms with Crippen molar-refractivity contribution < 1.29 is 9.90 Å². The summed E-state index contributed by atoms with van der Waals surface area (Å²) in [7, 11) is 2.15. The summed E-state index contributed by atoms with van der Waals surface area (Å²) in [5.41, 5.74) is 1.24. The van der Waals surface area contributed by atoms with E-state index in [-0.39, 0.29) is 17.4 Å². The van der Waals surface area contributed by atoms with Crippen molar-refractivity contribution >= 4 is 5.91 Å². The minimum atomic E-state index is -0.428. The number of pyridine rings is 1. The number of nitrogens with one attached hydrogen (secondary N) is 1. The summed E-state index contributed by atoms with van der Waals surface area (Å²) in [6.45, 7) is 5.51. The highest BCUT2D eigenvalue weighted by Crippen LogP contribution is 2.52. The normalized spacial score (nSPS) is 33.0. The summed E-state index contributed by atoms with van der Waals surface area (Å²) in [5, 5.41) is 13.5. The molecule has 1 aromatic heterocycles. The second-order valence-corrected chi connectivity index (χ2v) is 7.98. The van der Waals surface area contributed by atoms with Crippen LogP contribution in [0, 0.1) is 11.3 Å². The van der Waals surface area contributed by atoms with E-state index in [2.05, 4.69) is 36.1 Å². The highest BCUT2D eigenvalue weighted by atomic mass is 16.3. The van der Waals surface area contributed by atoms with Gasteiger partial charge in [0.05, 0.1) is 12.1 Å². The first-order valence-electron chi connectivity index (χ1n) is 8.98. The predicted octanol–water partition coefficient (Wildman–Crippen LogP) is 1.61. The first-order chi connectivity index (χ1) is 11.4. The Hall–Kier alpha value is -1.46. The number of carbonyl (C=O) groups excluding carboxylic acids is 1. The minimum absolute atomic E-state index is 0.0220. The summed E-state index contributed by atoms with van der Waals surface area (Å²) in [4.78, 5) is 18.7. The second-order valence-electron chi connectivity index (χ2n) is 7.98. The van der Waals surface area contributed by atoms with E-state index in [1.807, 2.05) is 12.1 Å². The quantitative estimate of drug-likeness (QED) is 0.860. The smallest absolute Gasteiger partial charge is 0.220 e. The molecule has 5 nitrogen and oxygen atoms in total. The van der Waals surface area contributed by atoms with E-state index in [9.17, 15) is 9.90 Å². The zero-order chi connectivity index (χ0) is 17.3. The van der Waals surface area contributed by atoms with E-state index in [1.54, 1.807) is 12.4 Å². The monoisotopic (exact) mass is 331 g/mol. The van der Waals surface area contributed by atoms with Gasteiger partial charge in [0.25, 0.3) is 0 Å². The van der Waals surface area contributed by atoms with Crippen molar-refractivity contribution in [2.75, 3.05) is 13.6 Å². The molecule has 132 valence electrons. The predicted molar refractivity (Wildman–Crippen MR) is 93.4 cm³/mol. The second kappa shape index (κ2) is 6.81. The number of rotatable bonds is 5. The Kier molecular flexibility index (Phi) is 4.92. The van der Waals surface area contributed by atoms with Crippen molar-refractivity contribution in [2.45, 2.75) is 57.7 Å². The van der Waals surface area contributed by atoms with Crippen LogP contribution < -0.4 is 5.32 Å². The molecule has 0 radical (unpaired) electrons. The van der Waals surface area contributed by atoms with Crippen LogP contribution in [0.2, 0.25) is 0 Å². The first-order valence-corrected chi connectivity index (χ1v) is 8.98. The molecule has 1 aromatic rings. The van der Waals surface area contributed by atoms with Crippen LogP contribution in [0.3, 0.4) is 0 Å². The van der Waals surface area contributed by atoms with E-state index in [0.717, 1.165) is 24.9 Å². The molecule has 2 N–H and O–H groups in total. The lowest BCUT2D eigenvalue weighted by atomic mass is 9.66. The molecule has 2 aliphatic rings. The van der Waals surface area contributed by atoms with Crippen molar-refractivity contribution in [1.29, 1.82) is 0 Å². The Morgan fingerprint density at radius 2 is 2.29 bits per heavy atom. The Balaban J connectivity index is 1.53. The largest absolute Gasteiger partial charge is 0.391 e. The Bertz CT molecular complexity index is 572. The molecule has 1 aliphatic carbocycles.